The van der Waals surface area contributed by atoms with E-state index < -0.39 is 0 Å². The van der Waals surface area contributed by atoms with Gasteiger partial charge in [0, 0.05) is 12.1 Å². The molecule has 3 aromatic rings. The summed E-state index contributed by atoms with van der Waals surface area (Å²) in [5.74, 6) is 2.25. The maximum absolute atomic E-state index is 12.8. The van der Waals surface area contributed by atoms with Crippen LogP contribution in [0.4, 0.5) is 0 Å². The average molecular weight is 393 g/mol. The van der Waals surface area contributed by atoms with E-state index in [4.69, 9.17) is 14.0 Å². The van der Waals surface area contributed by atoms with Crippen LogP contribution in [0.3, 0.4) is 0 Å². The lowest BCUT2D eigenvalue weighted by Crippen LogP contribution is -2.41. The van der Waals surface area contributed by atoms with Crippen molar-refractivity contribution in [3.05, 3.63) is 60.5 Å². The molecule has 0 saturated carbocycles. The molecule has 0 unspecified atom stereocenters. The standard InChI is InChI=1S/C22H23N3O4/c1-27-18-11-7-8-16(14-18)21-23-22(29-24-21)19-12-5-6-13-25(19)20(26)15-28-17-9-3-2-4-10-17/h2-4,7-11,14,19H,5-6,12-13,15H2,1H3/t19-/m0/s1. The number of benzene rings is 2. The second-order valence-electron chi connectivity index (χ2n) is 6.89. The molecule has 0 bridgehead atoms. The molecule has 1 aliphatic heterocycles. The number of aromatic nitrogens is 2. The van der Waals surface area contributed by atoms with Gasteiger partial charge in [0.1, 0.15) is 17.5 Å². The number of methoxy groups -OCH3 is 1. The van der Waals surface area contributed by atoms with Crippen LogP contribution in [-0.4, -0.2) is 41.2 Å². The first-order valence-corrected chi connectivity index (χ1v) is 9.70. The minimum absolute atomic E-state index is 0.0165. The van der Waals surface area contributed by atoms with Gasteiger partial charge in [-0.3, -0.25) is 4.79 Å². The Morgan fingerprint density at radius 2 is 1.97 bits per heavy atom. The fourth-order valence-corrected chi connectivity index (χ4v) is 3.48. The maximum atomic E-state index is 12.8. The monoisotopic (exact) mass is 393 g/mol. The number of hydrogen-bond acceptors (Lipinski definition) is 6. The quantitative estimate of drug-likeness (QED) is 0.633. The fraction of sp³-hybridized carbons (Fsp3) is 0.318. The topological polar surface area (TPSA) is 77.7 Å². The molecule has 0 aliphatic carbocycles. The van der Waals surface area contributed by atoms with Gasteiger partial charge in [-0.15, -0.1) is 0 Å². The Bertz CT molecular complexity index is 957. The number of para-hydroxylation sites is 1. The van der Waals surface area contributed by atoms with Crippen LogP contribution in [0.5, 0.6) is 11.5 Å². The summed E-state index contributed by atoms with van der Waals surface area (Å²) in [5, 5.41) is 4.11. The zero-order valence-corrected chi connectivity index (χ0v) is 16.3. The molecular formula is C22H23N3O4. The lowest BCUT2D eigenvalue weighted by Gasteiger charge is -2.33. The predicted octanol–water partition coefficient (Wildman–Crippen LogP) is 3.88. The summed E-state index contributed by atoms with van der Waals surface area (Å²) in [5.41, 5.74) is 0.806. The molecule has 1 aromatic heterocycles. The summed E-state index contributed by atoms with van der Waals surface area (Å²) >= 11 is 0. The summed E-state index contributed by atoms with van der Waals surface area (Å²) in [6, 6.07) is 16.6. The van der Waals surface area contributed by atoms with E-state index >= 15 is 0 Å². The molecule has 0 spiro atoms. The number of amides is 1. The number of carbonyl (C=O) groups excluding carboxylic acids is 1. The highest BCUT2D eigenvalue weighted by Gasteiger charge is 2.32. The molecule has 7 heteroatoms. The van der Waals surface area contributed by atoms with Gasteiger partial charge in [0.15, 0.2) is 6.61 Å². The number of piperidine rings is 1. The molecule has 2 aromatic carbocycles. The van der Waals surface area contributed by atoms with E-state index in [1.165, 1.54) is 0 Å². The first kappa shape index (κ1) is 19.0. The van der Waals surface area contributed by atoms with Gasteiger partial charge in [0.2, 0.25) is 11.7 Å². The first-order valence-electron chi connectivity index (χ1n) is 9.70. The van der Waals surface area contributed by atoms with E-state index in [2.05, 4.69) is 10.1 Å². The van der Waals surface area contributed by atoms with Crippen LogP contribution in [0, 0.1) is 0 Å². The smallest absolute Gasteiger partial charge is 0.261 e. The largest absolute Gasteiger partial charge is 0.497 e. The number of nitrogens with zero attached hydrogens (tertiary/aromatic N) is 3. The van der Waals surface area contributed by atoms with E-state index in [0.29, 0.717) is 24.0 Å². The molecule has 29 heavy (non-hydrogen) atoms. The molecule has 1 atom stereocenters. The van der Waals surface area contributed by atoms with Gasteiger partial charge in [-0.1, -0.05) is 35.5 Å². The number of likely N-dealkylation sites (tertiary alicyclic amines) is 1. The molecule has 1 amide bonds. The van der Waals surface area contributed by atoms with Gasteiger partial charge in [-0.25, -0.2) is 0 Å². The van der Waals surface area contributed by atoms with Gasteiger partial charge >= 0.3 is 0 Å². The summed E-state index contributed by atoms with van der Waals surface area (Å²) in [6.07, 6.45) is 2.74. The second-order valence-corrected chi connectivity index (χ2v) is 6.89. The van der Waals surface area contributed by atoms with Crippen LogP contribution in [0.25, 0.3) is 11.4 Å². The van der Waals surface area contributed by atoms with Crippen molar-refractivity contribution in [3.63, 3.8) is 0 Å². The van der Waals surface area contributed by atoms with Gasteiger partial charge in [0.25, 0.3) is 5.91 Å². The van der Waals surface area contributed by atoms with Crippen molar-refractivity contribution in [2.24, 2.45) is 0 Å². The minimum atomic E-state index is -0.234. The third kappa shape index (κ3) is 4.39. The fourth-order valence-electron chi connectivity index (χ4n) is 3.48. The molecule has 1 fully saturated rings. The highest BCUT2D eigenvalue weighted by Crippen LogP contribution is 2.31. The van der Waals surface area contributed by atoms with Crippen molar-refractivity contribution in [2.45, 2.75) is 25.3 Å². The molecule has 4 rings (SSSR count). The summed E-state index contributed by atoms with van der Waals surface area (Å²) in [4.78, 5) is 19.2. The van der Waals surface area contributed by atoms with Crippen molar-refractivity contribution in [1.82, 2.24) is 15.0 Å². The van der Waals surface area contributed by atoms with Crippen LogP contribution in [0.2, 0.25) is 0 Å². The van der Waals surface area contributed by atoms with Gasteiger partial charge in [-0.05, 0) is 43.5 Å². The van der Waals surface area contributed by atoms with Crippen LogP contribution in [0.15, 0.2) is 59.1 Å². The Labute approximate surface area is 169 Å². The van der Waals surface area contributed by atoms with Crippen LogP contribution >= 0.6 is 0 Å². The summed E-state index contributed by atoms with van der Waals surface area (Å²) < 4.78 is 16.4. The summed E-state index contributed by atoms with van der Waals surface area (Å²) in [7, 11) is 1.61. The van der Waals surface area contributed by atoms with E-state index in [1.807, 2.05) is 54.6 Å². The van der Waals surface area contributed by atoms with E-state index in [0.717, 1.165) is 30.6 Å². The van der Waals surface area contributed by atoms with Crippen molar-refractivity contribution >= 4 is 5.91 Å². The molecule has 2 heterocycles. The predicted molar refractivity (Wildman–Crippen MR) is 107 cm³/mol. The third-order valence-electron chi connectivity index (χ3n) is 4.98. The van der Waals surface area contributed by atoms with Crippen molar-refractivity contribution in [1.29, 1.82) is 0 Å². The zero-order chi connectivity index (χ0) is 20.1. The Morgan fingerprint density at radius 3 is 2.79 bits per heavy atom. The van der Waals surface area contributed by atoms with Gasteiger partial charge in [-0.2, -0.15) is 4.98 Å². The molecule has 0 radical (unpaired) electrons. The molecule has 150 valence electrons. The third-order valence-corrected chi connectivity index (χ3v) is 4.98. The maximum Gasteiger partial charge on any atom is 0.261 e. The van der Waals surface area contributed by atoms with Gasteiger partial charge in [0.05, 0.1) is 7.11 Å². The molecule has 1 aliphatic rings. The minimum Gasteiger partial charge on any atom is -0.497 e. The SMILES string of the molecule is COc1cccc(-c2noc([C@@H]3CCCCN3C(=O)COc3ccccc3)n2)c1. The number of carbonyl (C=O) groups is 1. The number of rotatable bonds is 6. The number of ether oxygens (including phenoxy) is 2. The lowest BCUT2D eigenvalue weighted by atomic mass is 10.0. The highest BCUT2D eigenvalue weighted by molar-refractivity contribution is 5.78. The average Bonchev–Trinajstić information content (AvgIpc) is 3.28. The van der Waals surface area contributed by atoms with Crippen LogP contribution < -0.4 is 9.47 Å². The first-order chi connectivity index (χ1) is 14.2. The summed E-state index contributed by atoms with van der Waals surface area (Å²) in [6.45, 7) is 0.635. The molecule has 0 N–H and O–H groups in total. The second kappa shape index (κ2) is 8.77. The van der Waals surface area contributed by atoms with Crippen LogP contribution in [0.1, 0.15) is 31.2 Å². The normalized spacial score (nSPS) is 16.4. The Balaban J connectivity index is 1.48. The van der Waals surface area contributed by atoms with Crippen molar-refractivity contribution < 1.29 is 18.8 Å². The molecule has 7 nitrogen and oxygen atoms in total. The Hall–Kier alpha value is -3.35. The lowest BCUT2D eigenvalue weighted by molar-refractivity contribution is -0.138. The highest BCUT2D eigenvalue weighted by atomic mass is 16.5. The molecule has 1 saturated heterocycles. The molecular weight excluding hydrogens is 370 g/mol. The van der Waals surface area contributed by atoms with E-state index in [-0.39, 0.29) is 18.6 Å². The number of hydrogen-bond donors (Lipinski definition) is 0. The van der Waals surface area contributed by atoms with E-state index in [1.54, 1.807) is 12.0 Å². The Kier molecular flexibility index (Phi) is 5.74. The van der Waals surface area contributed by atoms with Crippen molar-refractivity contribution in [2.75, 3.05) is 20.3 Å². The van der Waals surface area contributed by atoms with Crippen molar-refractivity contribution in [3.8, 4) is 22.9 Å². The zero-order valence-electron chi connectivity index (χ0n) is 16.3. The Morgan fingerprint density at radius 1 is 1.14 bits per heavy atom. The van der Waals surface area contributed by atoms with E-state index in [9.17, 15) is 4.79 Å². The van der Waals surface area contributed by atoms with Crippen LogP contribution in [-0.2, 0) is 4.79 Å². The van der Waals surface area contributed by atoms with Gasteiger partial charge < -0.3 is 18.9 Å².